The van der Waals surface area contributed by atoms with Crippen molar-refractivity contribution in [2.24, 2.45) is 0 Å². The van der Waals surface area contributed by atoms with E-state index in [0.29, 0.717) is 24.3 Å². The normalized spacial score (nSPS) is 11.8. The third-order valence-electron chi connectivity index (χ3n) is 3.40. The Morgan fingerprint density at radius 2 is 1.68 bits per heavy atom. The summed E-state index contributed by atoms with van der Waals surface area (Å²) in [5.41, 5.74) is 1.78. The van der Waals surface area contributed by atoms with Crippen LogP contribution in [-0.2, 0) is 4.74 Å². The van der Waals surface area contributed by atoms with Crippen LogP contribution in [0.4, 0.5) is 17.6 Å². The van der Waals surface area contributed by atoms with Gasteiger partial charge in [-0.15, -0.1) is 0 Å². The molecule has 2 N–H and O–H groups in total. The molecule has 7 heteroatoms. The predicted molar refractivity (Wildman–Crippen MR) is 97.7 cm³/mol. The van der Waals surface area contributed by atoms with E-state index in [0.717, 1.165) is 11.3 Å². The number of methoxy groups -OCH3 is 1. The zero-order chi connectivity index (χ0) is 17.5. The van der Waals surface area contributed by atoms with Crippen LogP contribution in [0.5, 0.6) is 0 Å². The van der Waals surface area contributed by atoms with Crippen LogP contribution in [0.25, 0.3) is 11.4 Å². The number of hydrogen-bond donors (Lipinski definition) is 2. The summed E-state index contributed by atoms with van der Waals surface area (Å²) < 4.78 is 5.16. The fourth-order valence-corrected chi connectivity index (χ4v) is 2.29. The molecule has 0 aliphatic heterocycles. The quantitative estimate of drug-likeness (QED) is 0.685. The van der Waals surface area contributed by atoms with Crippen LogP contribution in [0.15, 0.2) is 54.9 Å². The molecule has 0 amide bonds. The summed E-state index contributed by atoms with van der Waals surface area (Å²) in [6.07, 6.45) is 3.42. The molecule has 3 rings (SSSR count). The Kier molecular flexibility index (Phi) is 5.48. The topological polar surface area (TPSA) is 84.9 Å². The molecule has 25 heavy (non-hydrogen) atoms. The second-order valence-corrected chi connectivity index (χ2v) is 5.53. The smallest absolute Gasteiger partial charge is 0.232 e. The van der Waals surface area contributed by atoms with Crippen molar-refractivity contribution in [3.8, 4) is 11.4 Å². The molecule has 0 saturated carbocycles. The van der Waals surface area contributed by atoms with Gasteiger partial charge in [0.1, 0.15) is 0 Å². The van der Waals surface area contributed by atoms with E-state index in [9.17, 15) is 0 Å². The van der Waals surface area contributed by atoms with Gasteiger partial charge in [-0.3, -0.25) is 4.98 Å². The van der Waals surface area contributed by atoms with E-state index < -0.39 is 0 Å². The number of rotatable bonds is 7. The van der Waals surface area contributed by atoms with Crippen LogP contribution in [0.2, 0.25) is 0 Å². The summed E-state index contributed by atoms with van der Waals surface area (Å²) >= 11 is 0. The van der Waals surface area contributed by atoms with Crippen LogP contribution in [-0.4, -0.2) is 39.7 Å². The standard InChI is InChI=1S/C18H20N6O/c1-13(12-25-2)20-17-22-16(14-6-4-3-5-7-14)23-18(24-17)21-15-8-10-19-11-9-15/h3-11,13H,12H2,1-2H3,(H2,19,20,21,22,23,24). The summed E-state index contributed by atoms with van der Waals surface area (Å²) in [4.78, 5) is 17.5. The zero-order valence-electron chi connectivity index (χ0n) is 14.2. The molecular formula is C18H20N6O. The van der Waals surface area contributed by atoms with E-state index in [1.54, 1.807) is 19.5 Å². The summed E-state index contributed by atoms with van der Waals surface area (Å²) in [5, 5.41) is 6.43. The molecule has 0 radical (unpaired) electrons. The number of nitrogens with one attached hydrogen (secondary N) is 2. The van der Waals surface area contributed by atoms with Crippen LogP contribution >= 0.6 is 0 Å². The van der Waals surface area contributed by atoms with Gasteiger partial charge in [-0.05, 0) is 19.1 Å². The number of pyridine rings is 1. The lowest BCUT2D eigenvalue weighted by Gasteiger charge is -2.14. The molecule has 7 nitrogen and oxygen atoms in total. The molecule has 1 aromatic carbocycles. The van der Waals surface area contributed by atoms with E-state index in [1.165, 1.54) is 0 Å². The van der Waals surface area contributed by atoms with Gasteiger partial charge in [0.25, 0.3) is 0 Å². The summed E-state index contributed by atoms with van der Waals surface area (Å²) in [7, 11) is 1.66. The molecular weight excluding hydrogens is 316 g/mol. The molecule has 1 unspecified atom stereocenters. The molecule has 3 aromatic rings. The Morgan fingerprint density at radius 3 is 2.40 bits per heavy atom. The first-order chi connectivity index (χ1) is 12.2. The first-order valence-corrected chi connectivity index (χ1v) is 7.98. The lowest BCUT2D eigenvalue weighted by molar-refractivity contribution is 0.190. The number of aromatic nitrogens is 4. The molecule has 128 valence electrons. The summed E-state index contributed by atoms with van der Waals surface area (Å²) in [6, 6.07) is 13.6. The maximum absolute atomic E-state index is 5.16. The van der Waals surface area contributed by atoms with Crippen molar-refractivity contribution < 1.29 is 4.74 Å². The van der Waals surface area contributed by atoms with E-state index >= 15 is 0 Å². The van der Waals surface area contributed by atoms with Crippen molar-refractivity contribution >= 4 is 17.6 Å². The average Bonchev–Trinajstić information content (AvgIpc) is 2.63. The van der Waals surface area contributed by atoms with Crippen molar-refractivity contribution in [2.75, 3.05) is 24.4 Å². The summed E-state index contributed by atoms with van der Waals surface area (Å²) in [6.45, 7) is 2.56. The van der Waals surface area contributed by atoms with Gasteiger partial charge in [0.05, 0.1) is 6.61 Å². The number of nitrogens with zero attached hydrogens (tertiary/aromatic N) is 4. The lowest BCUT2D eigenvalue weighted by atomic mass is 10.2. The minimum atomic E-state index is 0.0739. The molecule has 2 aromatic heterocycles. The second-order valence-electron chi connectivity index (χ2n) is 5.53. The molecule has 0 fully saturated rings. The Balaban J connectivity index is 1.93. The maximum atomic E-state index is 5.16. The largest absolute Gasteiger partial charge is 0.383 e. The first-order valence-electron chi connectivity index (χ1n) is 7.98. The summed E-state index contributed by atoms with van der Waals surface area (Å²) in [5.74, 6) is 1.56. The van der Waals surface area contributed by atoms with E-state index in [2.05, 4.69) is 30.6 Å². The Labute approximate surface area is 146 Å². The molecule has 2 heterocycles. The Bertz CT molecular complexity index is 797. The number of benzene rings is 1. The van der Waals surface area contributed by atoms with Crippen molar-refractivity contribution in [1.82, 2.24) is 19.9 Å². The van der Waals surface area contributed by atoms with Gasteiger partial charge in [-0.2, -0.15) is 15.0 Å². The van der Waals surface area contributed by atoms with Crippen molar-refractivity contribution in [3.63, 3.8) is 0 Å². The van der Waals surface area contributed by atoms with Crippen molar-refractivity contribution in [3.05, 3.63) is 54.9 Å². The maximum Gasteiger partial charge on any atom is 0.232 e. The highest BCUT2D eigenvalue weighted by Crippen LogP contribution is 2.20. The van der Waals surface area contributed by atoms with Crippen LogP contribution in [0, 0.1) is 0 Å². The SMILES string of the molecule is COCC(C)Nc1nc(Nc2ccncc2)nc(-c2ccccc2)n1. The molecule has 0 aliphatic rings. The molecule has 0 aliphatic carbocycles. The first kappa shape index (κ1) is 16.8. The fourth-order valence-electron chi connectivity index (χ4n) is 2.29. The molecule has 1 atom stereocenters. The van der Waals surface area contributed by atoms with Crippen molar-refractivity contribution in [2.45, 2.75) is 13.0 Å². The van der Waals surface area contributed by atoms with Gasteiger partial charge in [0.15, 0.2) is 5.82 Å². The molecule has 0 saturated heterocycles. The van der Waals surface area contributed by atoms with Crippen molar-refractivity contribution in [1.29, 1.82) is 0 Å². The Hall–Kier alpha value is -3.06. The molecule has 0 spiro atoms. The lowest BCUT2D eigenvalue weighted by Crippen LogP contribution is -2.22. The monoisotopic (exact) mass is 336 g/mol. The third kappa shape index (κ3) is 4.71. The number of hydrogen-bond acceptors (Lipinski definition) is 7. The highest BCUT2D eigenvalue weighted by Gasteiger charge is 2.11. The molecule has 0 bridgehead atoms. The van der Waals surface area contributed by atoms with Crippen LogP contribution < -0.4 is 10.6 Å². The van der Waals surface area contributed by atoms with E-state index in [4.69, 9.17) is 4.74 Å². The predicted octanol–water partition coefficient (Wildman–Crippen LogP) is 3.12. The van der Waals surface area contributed by atoms with Gasteiger partial charge in [-0.25, -0.2) is 0 Å². The second kappa shape index (κ2) is 8.16. The van der Waals surface area contributed by atoms with Gasteiger partial charge in [0.2, 0.25) is 11.9 Å². The third-order valence-corrected chi connectivity index (χ3v) is 3.40. The van der Waals surface area contributed by atoms with E-state index in [-0.39, 0.29) is 6.04 Å². The average molecular weight is 336 g/mol. The van der Waals surface area contributed by atoms with Gasteiger partial charge >= 0.3 is 0 Å². The number of ether oxygens (including phenoxy) is 1. The van der Waals surface area contributed by atoms with Gasteiger partial charge in [0, 0.05) is 36.8 Å². The van der Waals surface area contributed by atoms with Crippen LogP contribution in [0.3, 0.4) is 0 Å². The Morgan fingerprint density at radius 1 is 0.960 bits per heavy atom. The van der Waals surface area contributed by atoms with Gasteiger partial charge < -0.3 is 15.4 Å². The minimum absolute atomic E-state index is 0.0739. The van der Waals surface area contributed by atoms with Gasteiger partial charge in [-0.1, -0.05) is 30.3 Å². The zero-order valence-corrected chi connectivity index (χ0v) is 14.2. The number of anilines is 3. The minimum Gasteiger partial charge on any atom is -0.383 e. The highest BCUT2D eigenvalue weighted by atomic mass is 16.5. The fraction of sp³-hybridized carbons (Fsp3) is 0.222. The van der Waals surface area contributed by atoms with Crippen LogP contribution in [0.1, 0.15) is 6.92 Å². The van der Waals surface area contributed by atoms with E-state index in [1.807, 2.05) is 49.4 Å². The highest BCUT2D eigenvalue weighted by molar-refractivity contribution is 5.60.